The van der Waals surface area contributed by atoms with Crippen LogP contribution in [0.1, 0.15) is 12.0 Å². The first kappa shape index (κ1) is 42.0. The average molecular weight is 735 g/mol. The predicted octanol–water partition coefficient (Wildman–Crippen LogP) is 1.00. The first-order chi connectivity index (χ1) is 24.8. The van der Waals surface area contributed by atoms with Crippen LogP contribution in [0.3, 0.4) is 0 Å². The third-order valence-corrected chi connectivity index (χ3v) is 10.0. The van der Waals surface area contributed by atoms with E-state index in [0.29, 0.717) is 24.3 Å². The highest BCUT2D eigenvalue weighted by molar-refractivity contribution is 5.42. The van der Waals surface area contributed by atoms with Gasteiger partial charge in [-0.2, -0.15) is 0 Å². The lowest BCUT2D eigenvalue weighted by molar-refractivity contribution is -0.367. The van der Waals surface area contributed by atoms with Crippen molar-refractivity contribution in [1.29, 1.82) is 0 Å². The largest absolute Gasteiger partial charge is 0.493 e. The Morgan fingerprint density at radius 2 is 1.31 bits per heavy atom. The summed E-state index contributed by atoms with van der Waals surface area (Å²) in [7, 11) is 15.8. The number of hydrogen-bond donors (Lipinski definition) is 1. The number of benzene rings is 1. The molecule has 0 bridgehead atoms. The highest BCUT2D eigenvalue weighted by Crippen LogP contribution is 2.39. The van der Waals surface area contributed by atoms with E-state index in [9.17, 15) is 5.11 Å². The number of hydrogen-bond acceptors (Lipinski definition) is 16. The second-order valence-electron chi connectivity index (χ2n) is 12.6. The average Bonchev–Trinajstić information content (AvgIpc) is 3.50. The predicted molar refractivity (Wildman–Crippen MR) is 179 cm³/mol. The van der Waals surface area contributed by atoms with E-state index in [1.165, 1.54) is 14.2 Å². The first-order valence-electron chi connectivity index (χ1n) is 17.0. The van der Waals surface area contributed by atoms with Crippen molar-refractivity contribution in [3.8, 4) is 11.5 Å². The zero-order valence-corrected chi connectivity index (χ0v) is 31.5. The van der Waals surface area contributed by atoms with Crippen LogP contribution in [-0.2, 0) is 68.0 Å². The van der Waals surface area contributed by atoms with Crippen LogP contribution in [0.25, 0.3) is 0 Å². The molecule has 3 fully saturated rings. The summed E-state index contributed by atoms with van der Waals surface area (Å²) in [6.45, 7) is 0.446. The fourth-order valence-corrected chi connectivity index (χ4v) is 7.46. The molecule has 1 N–H and O–H groups in total. The number of aliphatic hydroxyl groups is 1. The van der Waals surface area contributed by atoms with Crippen molar-refractivity contribution in [3.63, 3.8) is 0 Å². The Balaban J connectivity index is 1.56. The van der Waals surface area contributed by atoms with Crippen LogP contribution in [0.4, 0.5) is 0 Å². The Hall–Kier alpha value is -1.74. The van der Waals surface area contributed by atoms with Gasteiger partial charge in [0.2, 0.25) is 0 Å². The fourth-order valence-electron chi connectivity index (χ4n) is 7.46. The number of methoxy groups -OCH3 is 10. The highest BCUT2D eigenvalue weighted by Gasteiger charge is 2.56. The van der Waals surface area contributed by atoms with Crippen molar-refractivity contribution in [2.75, 3.05) is 97.5 Å². The van der Waals surface area contributed by atoms with Crippen molar-refractivity contribution in [2.24, 2.45) is 0 Å². The van der Waals surface area contributed by atoms with Gasteiger partial charge in [0.1, 0.15) is 54.4 Å². The van der Waals surface area contributed by atoms with Crippen LogP contribution in [0, 0.1) is 0 Å². The Bertz CT molecular complexity index is 1160. The molecule has 0 saturated carbocycles. The van der Waals surface area contributed by atoms with Gasteiger partial charge in [0, 0.05) is 63.3 Å². The van der Waals surface area contributed by atoms with Gasteiger partial charge >= 0.3 is 0 Å². The summed E-state index contributed by atoms with van der Waals surface area (Å²) in [6.07, 6.45) is -7.66. The van der Waals surface area contributed by atoms with Crippen molar-refractivity contribution in [3.05, 3.63) is 23.8 Å². The van der Waals surface area contributed by atoms with Gasteiger partial charge in [-0.3, -0.25) is 0 Å². The zero-order valence-electron chi connectivity index (χ0n) is 31.5. The molecular weight excluding hydrogens is 676 g/mol. The second kappa shape index (κ2) is 20.1. The van der Waals surface area contributed by atoms with E-state index < -0.39 is 79.2 Å². The van der Waals surface area contributed by atoms with Crippen LogP contribution in [0.2, 0.25) is 0 Å². The molecule has 16 heteroatoms. The maximum Gasteiger partial charge on any atom is 0.187 e. The molecule has 0 aromatic heterocycles. The summed E-state index contributed by atoms with van der Waals surface area (Å²) >= 11 is 0. The van der Waals surface area contributed by atoms with Crippen molar-refractivity contribution in [1.82, 2.24) is 0 Å². The molecule has 294 valence electrons. The molecule has 1 aromatic rings. The summed E-state index contributed by atoms with van der Waals surface area (Å²) in [5.74, 6) is 1.25. The molecule has 13 atom stereocenters. The summed E-state index contributed by atoms with van der Waals surface area (Å²) in [6, 6.07) is 5.66. The van der Waals surface area contributed by atoms with E-state index in [-0.39, 0.29) is 26.4 Å². The molecule has 0 radical (unpaired) electrons. The first-order valence-corrected chi connectivity index (χ1v) is 17.0. The van der Waals surface area contributed by atoms with Crippen LogP contribution < -0.4 is 9.47 Å². The van der Waals surface area contributed by atoms with Crippen LogP contribution in [-0.4, -0.2) is 182 Å². The van der Waals surface area contributed by atoms with Gasteiger partial charge in [0.25, 0.3) is 0 Å². The quantitative estimate of drug-likeness (QED) is 0.202. The third kappa shape index (κ3) is 9.15. The van der Waals surface area contributed by atoms with E-state index in [1.54, 1.807) is 56.9 Å². The molecule has 0 unspecified atom stereocenters. The Kier molecular flexibility index (Phi) is 16.5. The minimum Gasteiger partial charge on any atom is -0.493 e. The second-order valence-corrected chi connectivity index (χ2v) is 12.6. The molecule has 4 rings (SSSR count). The van der Waals surface area contributed by atoms with Gasteiger partial charge in [-0.05, 0) is 24.1 Å². The Labute approximate surface area is 300 Å². The van der Waals surface area contributed by atoms with E-state index in [1.807, 2.05) is 18.2 Å². The molecule has 3 aliphatic heterocycles. The van der Waals surface area contributed by atoms with Gasteiger partial charge in [0.05, 0.1) is 52.9 Å². The summed E-state index contributed by atoms with van der Waals surface area (Å²) in [5, 5.41) is 10.4. The molecule has 3 aliphatic rings. The molecule has 0 spiro atoms. The number of rotatable bonds is 20. The van der Waals surface area contributed by atoms with Crippen LogP contribution in [0.15, 0.2) is 18.2 Å². The molecule has 3 saturated heterocycles. The van der Waals surface area contributed by atoms with Gasteiger partial charge in [-0.25, -0.2) is 0 Å². The minimum atomic E-state index is -1.00. The topological polar surface area (TPSA) is 159 Å². The lowest BCUT2D eigenvalue weighted by Crippen LogP contribution is -2.66. The lowest BCUT2D eigenvalue weighted by atomic mass is 9.89. The number of aliphatic hydroxyl groups excluding tert-OH is 1. The molecule has 3 heterocycles. The normalized spacial score (nSPS) is 37.1. The molecule has 16 nitrogen and oxygen atoms in total. The zero-order chi connectivity index (χ0) is 37.1. The summed E-state index contributed by atoms with van der Waals surface area (Å²) in [4.78, 5) is 0. The maximum absolute atomic E-state index is 10.4. The van der Waals surface area contributed by atoms with Crippen molar-refractivity contribution >= 4 is 0 Å². The third-order valence-electron chi connectivity index (χ3n) is 10.0. The molecule has 1 aromatic carbocycles. The number of ether oxygens (including phenoxy) is 15. The minimum absolute atomic E-state index is 0.264. The van der Waals surface area contributed by atoms with Crippen molar-refractivity contribution in [2.45, 2.75) is 92.1 Å². The van der Waals surface area contributed by atoms with E-state index >= 15 is 0 Å². The molecule has 51 heavy (non-hydrogen) atoms. The smallest absolute Gasteiger partial charge is 0.187 e. The van der Waals surface area contributed by atoms with Crippen LogP contribution >= 0.6 is 0 Å². The Morgan fingerprint density at radius 1 is 0.686 bits per heavy atom. The molecule has 0 aliphatic carbocycles. The van der Waals surface area contributed by atoms with Gasteiger partial charge in [-0.15, -0.1) is 0 Å². The molecule has 0 amide bonds. The summed E-state index contributed by atoms with van der Waals surface area (Å²) < 4.78 is 89.8. The maximum atomic E-state index is 10.4. The van der Waals surface area contributed by atoms with E-state index in [2.05, 4.69) is 0 Å². The van der Waals surface area contributed by atoms with E-state index in [4.69, 9.17) is 71.1 Å². The lowest BCUT2D eigenvalue weighted by Gasteiger charge is -2.49. The monoisotopic (exact) mass is 734 g/mol. The van der Waals surface area contributed by atoms with Crippen LogP contribution in [0.5, 0.6) is 11.5 Å². The van der Waals surface area contributed by atoms with Gasteiger partial charge in [0.15, 0.2) is 24.1 Å². The van der Waals surface area contributed by atoms with Gasteiger partial charge < -0.3 is 76.2 Å². The fraction of sp³-hybridized carbons (Fsp3) is 0.829. The summed E-state index contributed by atoms with van der Waals surface area (Å²) in [5.41, 5.74) is 0.165. The van der Waals surface area contributed by atoms with Crippen molar-refractivity contribution < 1.29 is 76.2 Å². The Morgan fingerprint density at radius 3 is 1.88 bits per heavy atom. The SMILES string of the molecule is COC[C@@]1(OC)CO[C@@H](C[C@@H]2O[C@@H](O[C@@H]3[C@@H](OC)[C@H](OCCc4ccc(OC)c(OC)c4)O[C@H](CO)[C@H]3OC)[C@H](OC)[C@H](OC)[C@H]2OC)[C@@H]1OC. The highest BCUT2D eigenvalue weighted by atomic mass is 16.8. The molecular formula is C35H58O16. The standard InChI is InChI=1S/C35H58O16/c1-37-18-35(46-10)19-48-24(32(35)45-9)16-23-26(40-4)28(42-6)30(43-7)34(49-23)51-29-27(41-5)25(17-36)50-33(31(29)44-8)47-14-13-20-11-12-21(38-2)22(15-20)39-3/h11-12,15,23-34,36H,13-14,16-19H2,1-10H3/t23-,24-,25+,26-,27+,28+,29-,30+,31+,32-,33+,34-,35+/m0/s1. The van der Waals surface area contributed by atoms with E-state index in [0.717, 1.165) is 5.56 Å². The van der Waals surface area contributed by atoms with Gasteiger partial charge in [-0.1, -0.05) is 6.07 Å².